The van der Waals surface area contributed by atoms with Gasteiger partial charge in [0.25, 0.3) is 0 Å². The highest BCUT2D eigenvalue weighted by atomic mass is 15.3. The summed E-state index contributed by atoms with van der Waals surface area (Å²) in [6.45, 7) is 9.41. The summed E-state index contributed by atoms with van der Waals surface area (Å²) < 4.78 is 0. The van der Waals surface area contributed by atoms with E-state index in [9.17, 15) is 0 Å². The van der Waals surface area contributed by atoms with Gasteiger partial charge in [0.2, 0.25) is 0 Å². The second-order valence-corrected chi connectivity index (χ2v) is 4.98. The monoisotopic (exact) mass is 248 g/mol. The van der Waals surface area contributed by atoms with Crippen LogP contribution in [0.2, 0.25) is 0 Å². The molecule has 1 aromatic rings. The van der Waals surface area contributed by atoms with Gasteiger partial charge in [0.15, 0.2) is 0 Å². The Morgan fingerprint density at radius 3 is 2.61 bits per heavy atom. The number of hydrogen-bond acceptors (Lipinski definition) is 4. The van der Waals surface area contributed by atoms with Crippen LogP contribution in [0.1, 0.15) is 19.0 Å². The number of nitrogens with zero attached hydrogens (tertiary/aromatic N) is 3. The minimum Gasteiger partial charge on any atom is -0.369 e. The van der Waals surface area contributed by atoms with Gasteiger partial charge in [0.1, 0.15) is 0 Å². The van der Waals surface area contributed by atoms with E-state index in [1.807, 2.05) is 13.1 Å². The van der Waals surface area contributed by atoms with Crippen molar-refractivity contribution in [2.24, 2.45) is 5.73 Å². The van der Waals surface area contributed by atoms with Gasteiger partial charge in [-0.3, -0.25) is 9.88 Å². The number of hydrogen-bond donors (Lipinski definition) is 1. The van der Waals surface area contributed by atoms with Crippen molar-refractivity contribution in [1.82, 2.24) is 9.88 Å². The summed E-state index contributed by atoms with van der Waals surface area (Å²) in [6, 6.07) is 4.81. The summed E-state index contributed by atoms with van der Waals surface area (Å²) in [5, 5.41) is 0. The normalized spacial score (nSPS) is 18.9. The molecule has 1 aliphatic heterocycles. The lowest BCUT2D eigenvalue weighted by Gasteiger charge is -2.39. The van der Waals surface area contributed by atoms with Crippen LogP contribution in [-0.2, 0) is 0 Å². The third-order valence-electron chi connectivity index (χ3n) is 3.82. The molecule has 4 heteroatoms. The first kappa shape index (κ1) is 13.3. The molecule has 2 heterocycles. The van der Waals surface area contributed by atoms with Crippen molar-refractivity contribution in [3.05, 3.63) is 24.0 Å². The van der Waals surface area contributed by atoms with Crippen molar-refractivity contribution in [3.8, 4) is 0 Å². The quantitative estimate of drug-likeness (QED) is 0.871. The molecule has 0 aliphatic carbocycles. The predicted molar refractivity (Wildman–Crippen MR) is 75.9 cm³/mol. The summed E-state index contributed by atoms with van der Waals surface area (Å²) in [4.78, 5) is 9.21. The summed E-state index contributed by atoms with van der Waals surface area (Å²) >= 11 is 0. The van der Waals surface area contributed by atoms with Crippen LogP contribution >= 0.6 is 0 Å². The summed E-state index contributed by atoms with van der Waals surface area (Å²) in [6.07, 6.45) is 3.04. The number of piperazine rings is 1. The molecule has 2 rings (SSSR count). The van der Waals surface area contributed by atoms with E-state index < -0.39 is 0 Å². The number of aromatic nitrogens is 1. The largest absolute Gasteiger partial charge is 0.369 e. The van der Waals surface area contributed by atoms with Crippen molar-refractivity contribution >= 4 is 5.69 Å². The van der Waals surface area contributed by atoms with E-state index in [2.05, 4.69) is 33.8 Å². The van der Waals surface area contributed by atoms with E-state index in [4.69, 9.17) is 5.73 Å². The molecule has 0 bridgehead atoms. The van der Waals surface area contributed by atoms with Gasteiger partial charge >= 0.3 is 0 Å². The van der Waals surface area contributed by atoms with E-state index in [1.54, 1.807) is 0 Å². The van der Waals surface area contributed by atoms with E-state index >= 15 is 0 Å². The van der Waals surface area contributed by atoms with E-state index in [-0.39, 0.29) is 0 Å². The zero-order chi connectivity index (χ0) is 13.0. The molecule has 1 aliphatic rings. The molecule has 1 saturated heterocycles. The molecule has 0 radical (unpaired) electrons. The molecule has 1 fully saturated rings. The Kier molecular flexibility index (Phi) is 4.55. The van der Waals surface area contributed by atoms with Crippen LogP contribution in [0.15, 0.2) is 18.3 Å². The maximum Gasteiger partial charge on any atom is 0.0400 e. The first-order valence-corrected chi connectivity index (χ1v) is 6.86. The van der Waals surface area contributed by atoms with Gasteiger partial charge in [0.05, 0.1) is 0 Å². The van der Waals surface area contributed by atoms with Gasteiger partial charge in [-0.05, 0) is 25.5 Å². The molecule has 1 atom stereocenters. The summed E-state index contributed by atoms with van der Waals surface area (Å²) in [5.41, 5.74) is 8.20. The van der Waals surface area contributed by atoms with E-state index in [0.29, 0.717) is 6.04 Å². The molecule has 4 nitrogen and oxygen atoms in total. The average Bonchev–Trinajstić information content (AvgIpc) is 2.41. The van der Waals surface area contributed by atoms with Gasteiger partial charge in [0, 0.05) is 56.3 Å². The zero-order valence-electron chi connectivity index (χ0n) is 11.5. The van der Waals surface area contributed by atoms with E-state index in [1.165, 1.54) is 5.69 Å². The fourth-order valence-corrected chi connectivity index (χ4v) is 2.65. The van der Waals surface area contributed by atoms with Crippen LogP contribution in [0.3, 0.4) is 0 Å². The molecule has 0 amide bonds. The number of rotatable bonds is 4. The van der Waals surface area contributed by atoms with Crippen LogP contribution < -0.4 is 10.6 Å². The number of pyridine rings is 1. The highest BCUT2D eigenvalue weighted by Crippen LogP contribution is 2.17. The first-order valence-electron chi connectivity index (χ1n) is 6.86. The maximum atomic E-state index is 5.82. The number of nitrogens with two attached hydrogens (primary N) is 1. The average molecular weight is 248 g/mol. The van der Waals surface area contributed by atoms with Crippen LogP contribution in [0, 0.1) is 6.92 Å². The SMILES string of the molecule is CCC(CN)N1CCN(c2ccnc(C)c2)CC1. The number of aryl methyl sites for hydroxylation is 1. The molecule has 2 N–H and O–H groups in total. The maximum absolute atomic E-state index is 5.82. The Balaban J connectivity index is 1.94. The molecule has 0 aromatic carbocycles. The molecule has 0 spiro atoms. The van der Waals surface area contributed by atoms with Gasteiger partial charge in [-0.15, -0.1) is 0 Å². The van der Waals surface area contributed by atoms with Crippen LogP contribution in [0.4, 0.5) is 5.69 Å². The minimum absolute atomic E-state index is 0.548. The Morgan fingerprint density at radius 2 is 2.06 bits per heavy atom. The lowest BCUT2D eigenvalue weighted by molar-refractivity contribution is 0.184. The molecule has 18 heavy (non-hydrogen) atoms. The fourth-order valence-electron chi connectivity index (χ4n) is 2.65. The van der Waals surface area contributed by atoms with Gasteiger partial charge in [-0.2, -0.15) is 0 Å². The van der Waals surface area contributed by atoms with Crippen LogP contribution in [0.5, 0.6) is 0 Å². The lowest BCUT2D eigenvalue weighted by Crippen LogP contribution is -2.52. The van der Waals surface area contributed by atoms with Crippen LogP contribution in [-0.4, -0.2) is 48.6 Å². The minimum atomic E-state index is 0.548. The Bertz CT molecular complexity index is 368. The van der Waals surface area contributed by atoms with Gasteiger partial charge in [-0.25, -0.2) is 0 Å². The molecule has 1 aromatic heterocycles. The summed E-state index contributed by atoms with van der Waals surface area (Å²) in [7, 11) is 0. The zero-order valence-corrected chi connectivity index (χ0v) is 11.5. The Labute approximate surface area is 110 Å². The van der Waals surface area contributed by atoms with E-state index in [0.717, 1.165) is 44.8 Å². The van der Waals surface area contributed by atoms with Crippen LogP contribution in [0.25, 0.3) is 0 Å². The van der Waals surface area contributed by atoms with Crippen molar-refractivity contribution < 1.29 is 0 Å². The predicted octanol–water partition coefficient (Wildman–Crippen LogP) is 1.25. The standard InChI is InChI=1S/C14H24N4/c1-3-13(11-15)17-6-8-18(9-7-17)14-4-5-16-12(2)10-14/h4-5,10,13H,3,6-9,11,15H2,1-2H3. The lowest BCUT2D eigenvalue weighted by atomic mass is 10.1. The third-order valence-corrected chi connectivity index (χ3v) is 3.82. The van der Waals surface area contributed by atoms with Crippen molar-refractivity contribution in [1.29, 1.82) is 0 Å². The molecular weight excluding hydrogens is 224 g/mol. The second-order valence-electron chi connectivity index (χ2n) is 4.98. The van der Waals surface area contributed by atoms with Gasteiger partial charge in [-0.1, -0.05) is 6.92 Å². The van der Waals surface area contributed by atoms with Gasteiger partial charge < -0.3 is 10.6 Å². The fraction of sp³-hybridized carbons (Fsp3) is 0.643. The molecule has 1 unspecified atom stereocenters. The Hall–Kier alpha value is -1.13. The topological polar surface area (TPSA) is 45.4 Å². The number of anilines is 1. The molecule has 0 saturated carbocycles. The molecule has 100 valence electrons. The smallest absolute Gasteiger partial charge is 0.0400 e. The highest BCUT2D eigenvalue weighted by molar-refractivity contribution is 5.46. The second kappa shape index (κ2) is 6.16. The third kappa shape index (κ3) is 3.00. The Morgan fingerprint density at radius 1 is 1.33 bits per heavy atom. The molecular formula is C14H24N4. The summed E-state index contributed by atoms with van der Waals surface area (Å²) in [5.74, 6) is 0. The first-order chi connectivity index (χ1) is 8.74. The highest BCUT2D eigenvalue weighted by Gasteiger charge is 2.21. The van der Waals surface area contributed by atoms with Crippen molar-refractivity contribution in [2.75, 3.05) is 37.6 Å². The van der Waals surface area contributed by atoms with Crippen molar-refractivity contribution in [2.45, 2.75) is 26.3 Å². The van der Waals surface area contributed by atoms with Crippen molar-refractivity contribution in [3.63, 3.8) is 0 Å².